The number of cyclic esters (lactones) is 1. The van der Waals surface area contributed by atoms with Crippen molar-refractivity contribution >= 4 is 12.0 Å². The highest BCUT2D eigenvalue weighted by Gasteiger charge is 2.21. The van der Waals surface area contributed by atoms with Gasteiger partial charge in [-0.1, -0.05) is 6.07 Å². The van der Waals surface area contributed by atoms with Gasteiger partial charge >= 0.3 is 6.09 Å². The van der Waals surface area contributed by atoms with Crippen LogP contribution in [-0.4, -0.2) is 43.2 Å². The Morgan fingerprint density at radius 3 is 3.05 bits per heavy atom. The lowest BCUT2D eigenvalue weighted by atomic mass is 10.2. The summed E-state index contributed by atoms with van der Waals surface area (Å²) in [6, 6.07) is 6.65. The monoisotopic (exact) mass is 265 g/mol. The minimum Gasteiger partial charge on any atom is -0.492 e. The molecule has 1 aromatic rings. The van der Waals surface area contributed by atoms with Crippen molar-refractivity contribution in [2.24, 2.45) is 5.84 Å². The molecule has 2 rings (SSSR count). The van der Waals surface area contributed by atoms with Crippen LogP contribution >= 0.6 is 0 Å². The highest BCUT2D eigenvalue weighted by Crippen LogP contribution is 2.13. The molecular formula is C12H15N3O4. The van der Waals surface area contributed by atoms with Crippen LogP contribution in [0.1, 0.15) is 10.4 Å². The number of nitrogens with two attached hydrogens (primary N) is 1. The number of nitrogens with zero attached hydrogens (tertiary/aromatic N) is 1. The van der Waals surface area contributed by atoms with E-state index in [1.54, 1.807) is 29.2 Å². The normalized spacial score (nSPS) is 14.2. The van der Waals surface area contributed by atoms with Crippen molar-refractivity contribution in [3.8, 4) is 5.75 Å². The van der Waals surface area contributed by atoms with Crippen molar-refractivity contribution in [2.75, 3.05) is 26.3 Å². The standard InChI is InChI=1S/C12H15N3O4/c13-14-11(16)9-2-1-3-10(8-9)18-6-4-15-5-7-19-12(15)17/h1-3,8H,4-7,13H2,(H,14,16). The second kappa shape index (κ2) is 6.05. The van der Waals surface area contributed by atoms with E-state index >= 15 is 0 Å². The van der Waals surface area contributed by atoms with E-state index in [0.717, 1.165) is 0 Å². The Balaban J connectivity index is 1.85. The van der Waals surface area contributed by atoms with Gasteiger partial charge in [-0.15, -0.1) is 0 Å². The molecule has 3 N–H and O–H groups in total. The summed E-state index contributed by atoms with van der Waals surface area (Å²) in [7, 11) is 0. The Hall–Kier alpha value is -2.28. The number of rotatable bonds is 5. The number of hydrogen-bond acceptors (Lipinski definition) is 5. The Kier molecular flexibility index (Phi) is 4.19. The lowest BCUT2D eigenvalue weighted by Crippen LogP contribution is -2.30. The van der Waals surface area contributed by atoms with Crippen molar-refractivity contribution in [3.05, 3.63) is 29.8 Å². The molecular weight excluding hydrogens is 250 g/mol. The Labute approximate surface area is 110 Å². The molecule has 0 aliphatic carbocycles. The van der Waals surface area contributed by atoms with Crippen LogP contribution in [0, 0.1) is 0 Å². The molecule has 0 atom stereocenters. The first-order chi connectivity index (χ1) is 9.20. The average molecular weight is 265 g/mol. The Bertz CT molecular complexity index is 478. The second-order valence-electron chi connectivity index (χ2n) is 3.95. The third-order valence-corrected chi connectivity index (χ3v) is 2.70. The summed E-state index contributed by atoms with van der Waals surface area (Å²) >= 11 is 0. The SMILES string of the molecule is NNC(=O)c1cccc(OCCN2CCOC2=O)c1. The van der Waals surface area contributed by atoms with E-state index in [9.17, 15) is 9.59 Å². The van der Waals surface area contributed by atoms with E-state index in [1.807, 2.05) is 0 Å². The number of carbonyl (C=O) groups is 2. The minimum atomic E-state index is -0.381. The van der Waals surface area contributed by atoms with Gasteiger partial charge in [0.1, 0.15) is 19.0 Å². The van der Waals surface area contributed by atoms with Crippen LogP contribution in [0.2, 0.25) is 0 Å². The summed E-state index contributed by atoms with van der Waals surface area (Å²) in [5.74, 6) is 5.22. The Morgan fingerprint density at radius 2 is 2.37 bits per heavy atom. The number of nitrogens with one attached hydrogen (secondary N) is 1. The molecule has 0 spiro atoms. The minimum absolute atomic E-state index is 0.320. The van der Waals surface area contributed by atoms with Crippen molar-refractivity contribution in [1.82, 2.24) is 10.3 Å². The fourth-order valence-corrected chi connectivity index (χ4v) is 1.71. The van der Waals surface area contributed by atoms with Crippen LogP contribution < -0.4 is 16.0 Å². The molecule has 7 nitrogen and oxygen atoms in total. The third-order valence-electron chi connectivity index (χ3n) is 2.70. The van der Waals surface area contributed by atoms with Crippen molar-refractivity contribution < 1.29 is 19.1 Å². The number of carbonyl (C=O) groups excluding carboxylic acids is 2. The predicted molar refractivity (Wildman–Crippen MR) is 66.5 cm³/mol. The van der Waals surface area contributed by atoms with Gasteiger partial charge in [0.2, 0.25) is 0 Å². The first-order valence-electron chi connectivity index (χ1n) is 5.86. The number of amides is 2. The van der Waals surface area contributed by atoms with Gasteiger partial charge in [0.25, 0.3) is 5.91 Å². The molecule has 1 fully saturated rings. The Morgan fingerprint density at radius 1 is 1.53 bits per heavy atom. The molecule has 19 heavy (non-hydrogen) atoms. The van der Waals surface area contributed by atoms with Gasteiger partial charge in [0.15, 0.2) is 0 Å². The zero-order chi connectivity index (χ0) is 13.7. The number of hydrazine groups is 1. The van der Waals surface area contributed by atoms with E-state index in [4.69, 9.17) is 15.3 Å². The van der Waals surface area contributed by atoms with Gasteiger partial charge in [-0.25, -0.2) is 10.6 Å². The van der Waals surface area contributed by atoms with Crippen LogP contribution in [0.5, 0.6) is 5.75 Å². The smallest absolute Gasteiger partial charge is 0.410 e. The highest BCUT2D eigenvalue weighted by molar-refractivity contribution is 5.94. The summed E-state index contributed by atoms with van der Waals surface area (Å²) in [4.78, 5) is 24.1. The average Bonchev–Trinajstić information content (AvgIpc) is 2.84. The maximum Gasteiger partial charge on any atom is 0.410 e. The van der Waals surface area contributed by atoms with Crippen molar-refractivity contribution in [1.29, 1.82) is 0 Å². The van der Waals surface area contributed by atoms with Crippen LogP contribution in [0.15, 0.2) is 24.3 Å². The lowest BCUT2D eigenvalue weighted by molar-refractivity contribution is 0.0953. The molecule has 2 amide bonds. The topological polar surface area (TPSA) is 93.9 Å². The van der Waals surface area contributed by atoms with Gasteiger partial charge in [0.05, 0.1) is 13.1 Å². The highest BCUT2D eigenvalue weighted by atomic mass is 16.6. The summed E-state index contributed by atoms with van der Waals surface area (Å²) in [5.41, 5.74) is 2.47. The first-order valence-corrected chi connectivity index (χ1v) is 5.86. The van der Waals surface area contributed by atoms with Crippen LogP contribution in [-0.2, 0) is 4.74 Å². The summed E-state index contributed by atoms with van der Waals surface area (Å²) < 4.78 is 10.3. The second-order valence-corrected chi connectivity index (χ2v) is 3.95. The molecule has 1 saturated heterocycles. The van der Waals surface area contributed by atoms with Gasteiger partial charge in [-0.2, -0.15) is 0 Å². The summed E-state index contributed by atoms with van der Waals surface area (Å²) in [5, 5.41) is 0. The molecule has 0 aromatic heterocycles. The quantitative estimate of drug-likeness (QED) is 0.448. The number of nitrogen functional groups attached to an aromatic ring is 1. The molecule has 1 heterocycles. The zero-order valence-corrected chi connectivity index (χ0v) is 10.3. The summed E-state index contributed by atoms with van der Waals surface area (Å²) in [6.45, 7) is 1.79. The number of hydrogen-bond donors (Lipinski definition) is 2. The van der Waals surface area contributed by atoms with Crippen LogP contribution in [0.25, 0.3) is 0 Å². The van der Waals surface area contributed by atoms with Gasteiger partial charge in [-0.3, -0.25) is 10.2 Å². The maximum absolute atomic E-state index is 11.3. The lowest BCUT2D eigenvalue weighted by Gasteiger charge is -2.13. The molecule has 1 aromatic carbocycles. The zero-order valence-electron chi connectivity index (χ0n) is 10.3. The number of benzene rings is 1. The third kappa shape index (κ3) is 3.35. The van der Waals surface area contributed by atoms with E-state index in [2.05, 4.69) is 5.43 Å². The van der Waals surface area contributed by atoms with E-state index in [0.29, 0.717) is 37.6 Å². The van der Waals surface area contributed by atoms with Crippen LogP contribution in [0.3, 0.4) is 0 Å². The summed E-state index contributed by atoms with van der Waals surface area (Å²) in [6.07, 6.45) is -0.320. The molecule has 0 bridgehead atoms. The molecule has 0 saturated carbocycles. The predicted octanol–water partition coefficient (Wildman–Crippen LogP) is 0.121. The molecule has 1 aliphatic rings. The van der Waals surface area contributed by atoms with Gasteiger partial charge in [-0.05, 0) is 18.2 Å². The van der Waals surface area contributed by atoms with E-state index in [-0.39, 0.29) is 12.0 Å². The molecule has 102 valence electrons. The van der Waals surface area contributed by atoms with E-state index in [1.165, 1.54) is 0 Å². The molecule has 1 aliphatic heterocycles. The van der Waals surface area contributed by atoms with Gasteiger partial charge < -0.3 is 14.4 Å². The molecule has 7 heteroatoms. The fourth-order valence-electron chi connectivity index (χ4n) is 1.71. The maximum atomic E-state index is 11.3. The first kappa shape index (κ1) is 13.2. The van der Waals surface area contributed by atoms with E-state index < -0.39 is 0 Å². The van der Waals surface area contributed by atoms with Gasteiger partial charge in [0, 0.05) is 5.56 Å². The molecule has 0 radical (unpaired) electrons. The molecule has 0 unspecified atom stereocenters. The van der Waals surface area contributed by atoms with Crippen molar-refractivity contribution in [3.63, 3.8) is 0 Å². The number of ether oxygens (including phenoxy) is 2. The fraction of sp³-hybridized carbons (Fsp3) is 0.333. The largest absolute Gasteiger partial charge is 0.492 e. The van der Waals surface area contributed by atoms with Crippen LogP contribution in [0.4, 0.5) is 4.79 Å². The van der Waals surface area contributed by atoms with Crippen molar-refractivity contribution in [2.45, 2.75) is 0 Å².